The fourth-order valence-corrected chi connectivity index (χ4v) is 3.10. The van der Waals surface area contributed by atoms with Crippen LogP contribution in [-0.2, 0) is 4.79 Å². The maximum Gasteiger partial charge on any atom is 0.223 e. The lowest BCUT2D eigenvalue weighted by Crippen LogP contribution is -2.34. The van der Waals surface area contributed by atoms with Crippen molar-refractivity contribution in [2.45, 2.75) is 39.5 Å². The number of hydrogen-bond donors (Lipinski definition) is 1. The van der Waals surface area contributed by atoms with E-state index < -0.39 is 0 Å². The fourth-order valence-electron chi connectivity index (χ4n) is 3.10. The van der Waals surface area contributed by atoms with Gasteiger partial charge in [-0.2, -0.15) is 0 Å². The Morgan fingerprint density at radius 2 is 2.23 bits per heavy atom. The predicted molar refractivity (Wildman–Crippen MR) is 52.2 cm³/mol. The molecule has 2 nitrogen and oxygen atoms in total. The van der Waals surface area contributed by atoms with E-state index in [2.05, 4.69) is 19.2 Å². The Hall–Kier alpha value is -0.530. The van der Waals surface area contributed by atoms with Gasteiger partial charge in [0.15, 0.2) is 0 Å². The summed E-state index contributed by atoms with van der Waals surface area (Å²) in [7, 11) is 0. The quantitative estimate of drug-likeness (QED) is 0.608. The number of carbonyl (C=O) groups excluding carboxylic acids is 1. The van der Waals surface area contributed by atoms with E-state index in [0.717, 1.165) is 12.5 Å². The molecule has 0 radical (unpaired) electrons. The zero-order valence-corrected chi connectivity index (χ0v) is 8.60. The van der Waals surface area contributed by atoms with Gasteiger partial charge in [-0.25, -0.2) is 0 Å². The third-order valence-electron chi connectivity index (χ3n) is 4.05. The van der Waals surface area contributed by atoms with Gasteiger partial charge in [-0.05, 0) is 24.2 Å². The van der Waals surface area contributed by atoms with E-state index in [4.69, 9.17) is 0 Å². The van der Waals surface area contributed by atoms with Gasteiger partial charge in [-0.3, -0.25) is 4.79 Å². The molecule has 1 aliphatic heterocycles. The Balaban J connectivity index is 2.15. The average molecular weight is 181 g/mol. The molecule has 13 heavy (non-hydrogen) atoms. The van der Waals surface area contributed by atoms with Gasteiger partial charge >= 0.3 is 0 Å². The molecule has 0 aromatic rings. The van der Waals surface area contributed by atoms with Crippen LogP contribution in [0.15, 0.2) is 0 Å². The number of amides is 1. The van der Waals surface area contributed by atoms with E-state index in [1.165, 1.54) is 25.7 Å². The zero-order valence-electron chi connectivity index (χ0n) is 8.60. The Bertz CT molecular complexity index is 226. The van der Waals surface area contributed by atoms with E-state index in [1.54, 1.807) is 0 Å². The molecule has 1 amide bonds. The molecule has 3 unspecified atom stereocenters. The van der Waals surface area contributed by atoms with Gasteiger partial charge < -0.3 is 5.32 Å². The minimum Gasteiger partial charge on any atom is -0.355 e. The highest BCUT2D eigenvalue weighted by Gasteiger charge is 2.47. The molecule has 74 valence electrons. The van der Waals surface area contributed by atoms with Crippen LogP contribution in [0.5, 0.6) is 0 Å². The SMILES string of the molecule is CC1CCCC2(CNC(=O)C2C)C1. The van der Waals surface area contributed by atoms with Crippen LogP contribution in [0.3, 0.4) is 0 Å². The highest BCUT2D eigenvalue weighted by Crippen LogP contribution is 2.46. The summed E-state index contributed by atoms with van der Waals surface area (Å²) >= 11 is 0. The van der Waals surface area contributed by atoms with Crippen molar-refractivity contribution in [1.82, 2.24) is 5.32 Å². The minimum atomic E-state index is 0.246. The first kappa shape index (κ1) is 9.04. The van der Waals surface area contributed by atoms with Crippen molar-refractivity contribution in [2.24, 2.45) is 17.3 Å². The van der Waals surface area contributed by atoms with Crippen LogP contribution in [0, 0.1) is 17.3 Å². The van der Waals surface area contributed by atoms with Crippen LogP contribution in [0.25, 0.3) is 0 Å². The van der Waals surface area contributed by atoms with Gasteiger partial charge in [0.1, 0.15) is 0 Å². The normalized spacial score (nSPS) is 45.2. The van der Waals surface area contributed by atoms with Crippen LogP contribution in [0.2, 0.25) is 0 Å². The molecule has 1 saturated carbocycles. The van der Waals surface area contributed by atoms with Crippen molar-refractivity contribution in [1.29, 1.82) is 0 Å². The van der Waals surface area contributed by atoms with Crippen molar-refractivity contribution in [3.63, 3.8) is 0 Å². The van der Waals surface area contributed by atoms with Crippen LogP contribution in [-0.4, -0.2) is 12.5 Å². The van der Waals surface area contributed by atoms with Crippen molar-refractivity contribution < 1.29 is 4.79 Å². The summed E-state index contributed by atoms with van der Waals surface area (Å²) in [5, 5.41) is 3.01. The van der Waals surface area contributed by atoms with Gasteiger partial charge in [-0.15, -0.1) is 0 Å². The fraction of sp³-hybridized carbons (Fsp3) is 0.909. The summed E-state index contributed by atoms with van der Waals surface area (Å²) in [6.45, 7) is 5.34. The van der Waals surface area contributed by atoms with Gasteiger partial charge in [-0.1, -0.05) is 26.7 Å². The highest BCUT2D eigenvalue weighted by atomic mass is 16.2. The lowest BCUT2D eigenvalue weighted by atomic mass is 9.65. The molecule has 2 aliphatic rings. The maximum absolute atomic E-state index is 11.4. The summed E-state index contributed by atoms with van der Waals surface area (Å²) < 4.78 is 0. The predicted octanol–water partition coefficient (Wildman–Crippen LogP) is 1.95. The maximum atomic E-state index is 11.4. The molecule has 1 spiro atoms. The molecular formula is C11H19NO. The molecule has 1 heterocycles. The summed E-state index contributed by atoms with van der Waals surface area (Å²) in [4.78, 5) is 11.4. The number of rotatable bonds is 0. The van der Waals surface area contributed by atoms with Crippen molar-refractivity contribution in [2.75, 3.05) is 6.54 Å². The summed E-state index contributed by atoms with van der Waals surface area (Å²) in [5.74, 6) is 1.33. The number of hydrogen-bond acceptors (Lipinski definition) is 1. The Morgan fingerprint density at radius 3 is 2.77 bits per heavy atom. The van der Waals surface area contributed by atoms with Crippen LogP contribution >= 0.6 is 0 Å². The van der Waals surface area contributed by atoms with E-state index in [0.29, 0.717) is 5.41 Å². The number of carbonyl (C=O) groups is 1. The van der Waals surface area contributed by atoms with Crippen LogP contribution in [0.1, 0.15) is 39.5 Å². The second-order valence-corrected chi connectivity index (χ2v) is 5.00. The third kappa shape index (κ3) is 1.36. The summed E-state index contributed by atoms with van der Waals surface area (Å²) in [5.41, 5.74) is 0.314. The van der Waals surface area contributed by atoms with Crippen molar-refractivity contribution in [3.8, 4) is 0 Å². The third-order valence-corrected chi connectivity index (χ3v) is 4.05. The lowest BCUT2D eigenvalue weighted by molar-refractivity contribution is -0.123. The van der Waals surface area contributed by atoms with Crippen molar-refractivity contribution >= 4 is 5.91 Å². The molecule has 0 aromatic heterocycles. The monoisotopic (exact) mass is 181 g/mol. The standard InChI is InChI=1S/C11H19NO/c1-8-4-3-5-11(6-8)7-12-10(13)9(11)2/h8-9H,3-7H2,1-2H3,(H,12,13). The van der Waals surface area contributed by atoms with Crippen molar-refractivity contribution in [3.05, 3.63) is 0 Å². The van der Waals surface area contributed by atoms with Gasteiger partial charge in [0.2, 0.25) is 5.91 Å². The second-order valence-electron chi connectivity index (χ2n) is 5.00. The average Bonchev–Trinajstić information content (AvgIpc) is 2.35. The molecular weight excluding hydrogens is 162 g/mol. The first-order chi connectivity index (χ1) is 6.14. The van der Waals surface area contributed by atoms with Gasteiger partial charge in [0.25, 0.3) is 0 Å². The molecule has 2 heteroatoms. The lowest BCUT2D eigenvalue weighted by Gasteiger charge is -2.38. The number of nitrogens with one attached hydrogen (secondary N) is 1. The first-order valence-electron chi connectivity index (χ1n) is 5.42. The second kappa shape index (κ2) is 3.00. The molecule has 1 aliphatic carbocycles. The smallest absolute Gasteiger partial charge is 0.223 e. The summed E-state index contributed by atoms with van der Waals surface area (Å²) in [6.07, 6.45) is 5.15. The Morgan fingerprint density at radius 1 is 1.46 bits per heavy atom. The van der Waals surface area contributed by atoms with E-state index >= 15 is 0 Å². The summed E-state index contributed by atoms with van der Waals surface area (Å²) in [6, 6.07) is 0. The van der Waals surface area contributed by atoms with E-state index in [9.17, 15) is 4.79 Å². The highest BCUT2D eigenvalue weighted by molar-refractivity contribution is 5.81. The topological polar surface area (TPSA) is 29.1 Å². The zero-order chi connectivity index (χ0) is 9.47. The molecule has 3 atom stereocenters. The molecule has 2 rings (SSSR count). The van der Waals surface area contributed by atoms with Gasteiger partial charge in [0, 0.05) is 12.5 Å². The van der Waals surface area contributed by atoms with Crippen LogP contribution < -0.4 is 5.32 Å². The van der Waals surface area contributed by atoms with E-state index in [1.807, 2.05) is 0 Å². The Kier molecular flexibility index (Phi) is 2.09. The largest absolute Gasteiger partial charge is 0.355 e. The molecule has 1 saturated heterocycles. The molecule has 1 N–H and O–H groups in total. The van der Waals surface area contributed by atoms with Gasteiger partial charge in [0.05, 0.1) is 0 Å². The Labute approximate surface area is 80.1 Å². The van der Waals surface area contributed by atoms with Crippen LogP contribution in [0.4, 0.5) is 0 Å². The minimum absolute atomic E-state index is 0.246. The molecule has 0 bridgehead atoms. The molecule has 0 aromatic carbocycles. The molecule has 2 fully saturated rings. The first-order valence-corrected chi connectivity index (χ1v) is 5.42. The van der Waals surface area contributed by atoms with E-state index in [-0.39, 0.29) is 11.8 Å².